The van der Waals surface area contributed by atoms with Gasteiger partial charge in [0.15, 0.2) is 37.1 Å². The van der Waals surface area contributed by atoms with Crippen LogP contribution in [0.2, 0.25) is 0 Å². The number of ether oxygens (including phenoxy) is 2. The van der Waals surface area contributed by atoms with Gasteiger partial charge in [-0.25, -0.2) is 19.2 Å². The molecule has 0 heterocycles. The van der Waals surface area contributed by atoms with Gasteiger partial charge in [-0.1, -0.05) is 0 Å². The summed E-state index contributed by atoms with van der Waals surface area (Å²) >= 11 is 0. The van der Waals surface area contributed by atoms with Crippen LogP contribution in [0, 0.1) is 0 Å². The van der Waals surface area contributed by atoms with E-state index < -0.39 is 85.6 Å². The molecule has 172 valence electrons. The maximum absolute atomic E-state index is 12.1. The summed E-state index contributed by atoms with van der Waals surface area (Å²) in [6.07, 6.45) is -17.7. The Morgan fingerprint density at radius 3 is 1.53 bits per heavy atom. The molecule has 0 rings (SSSR count). The van der Waals surface area contributed by atoms with E-state index in [9.17, 15) is 44.4 Å². The Morgan fingerprint density at radius 2 is 1.13 bits per heavy atom. The number of carbonyl (C=O) groups excluding carboxylic acids is 3. The van der Waals surface area contributed by atoms with Crippen molar-refractivity contribution in [3.63, 3.8) is 0 Å². The predicted molar refractivity (Wildman–Crippen MR) is 84.2 cm³/mol. The smallest absolute Gasteiger partial charge is 0.339 e. The molecule has 0 aromatic heterocycles. The van der Waals surface area contributed by atoms with Gasteiger partial charge in [-0.2, -0.15) is 0 Å². The molecule has 16 nitrogen and oxygen atoms in total. The topological polar surface area (TPSA) is 286 Å². The average molecular weight is 444 g/mol. The van der Waals surface area contributed by atoms with Crippen LogP contribution in [0.15, 0.2) is 0 Å². The van der Waals surface area contributed by atoms with Crippen molar-refractivity contribution in [3.8, 4) is 0 Å². The van der Waals surface area contributed by atoms with Gasteiger partial charge in [0.1, 0.15) is 12.2 Å². The standard InChI is InChI=1S/C14H20O16/c15-1-3(16)5(18)10(30-14(28)9(22)7(20)12(25)26)4(17)2-29-13(27)8(21)6(19)11(23)24/h3,5-10,15-16,18-22H,1-2H2,(H,23,24)(H,25,26)/t3-,5+,6+,7?,8+,9?,10-/m1/s1. The quantitative estimate of drug-likeness (QED) is 0.119. The molecule has 0 spiro atoms. The minimum absolute atomic E-state index is 1.17. The summed E-state index contributed by atoms with van der Waals surface area (Å²) in [5.41, 5.74) is 0. The van der Waals surface area contributed by atoms with Crippen LogP contribution in [-0.2, 0) is 33.4 Å². The van der Waals surface area contributed by atoms with Crippen LogP contribution in [0.4, 0.5) is 0 Å². The van der Waals surface area contributed by atoms with Crippen LogP contribution < -0.4 is 0 Å². The first-order valence-electron chi connectivity index (χ1n) is 7.80. The molecular formula is C14H20O16. The van der Waals surface area contributed by atoms with E-state index in [0.29, 0.717) is 0 Å². The highest BCUT2D eigenvalue weighted by molar-refractivity contribution is 5.91. The highest BCUT2D eigenvalue weighted by Gasteiger charge is 2.40. The number of carbonyl (C=O) groups is 5. The lowest BCUT2D eigenvalue weighted by atomic mass is 10.0. The van der Waals surface area contributed by atoms with Crippen LogP contribution >= 0.6 is 0 Å². The Bertz CT molecular complexity index is 646. The Balaban J connectivity index is 5.32. The zero-order chi connectivity index (χ0) is 23.8. The molecule has 0 saturated carbocycles. The number of ketones is 1. The van der Waals surface area contributed by atoms with Crippen LogP contribution in [-0.4, -0.2) is 132 Å². The zero-order valence-electron chi connectivity index (χ0n) is 14.8. The van der Waals surface area contributed by atoms with Crippen molar-refractivity contribution in [1.82, 2.24) is 0 Å². The van der Waals surface area contributed by atoms with Crippen molar-refractivity contribution in [3.05, 3.63) is 0 Å². The van der Waals surface area contributed by atoms with Gasteiger partial charge in [-0.15, -0.1) is 0 Å². The summed E-state index contributed by atoms with van der Waals surface area (Å²) in [5, 5.41) is 81.6. The third kappa shape index (κ3) is 7.59. The van der Waals surface area contributed by atoms with Gasteiger partial charge >= 0.3 is 23.9 Å². The number of carboxylic acid groups (broad SMARTS) is 2. The fourth-order valence-electron chi connectivity index (χ4n) is 1.67. The Labute approximate surface area is 166 Å². The molecule has 0 amide bonds. The van der Waals surface area contributed by atoms with Gasteiger partial charge in [0.25, 0.3) is 0 Å². The number of Topliss-reactive ketones (excluding diaryl/α,β-unsaturated/α-hetero) is 1. The first-order valence-corrected chi connectivity index (χ1v) is 7.80. The minimum Gasteiger partial charge on any atom is -0.479 e. The van der Waals surface area contributed by atoms with E-state index in [1.165, 1.54) is 0 Å². The first-order chi connectivity index (χ1) is 13.8. The minimum atomic E-state index is -2.74. The second kappa shape index (κ2) is 12.1. The third-order valence-corrected chi connectivity index (χ3v) is 3.40. The maximum Gasteiger partial charge on any atom is 0.339 e. The third-order valence-electron chi connectivity index (χ3n) is 3.40. The van der Waals surface area contributed by atoms with E-state index in [0.717, 1.165) is 0 Å². The molecule has 0 aliphatic rings. The van der Waals surface area contributed by atoms with Gasteiger partial charge in [-0.05, 0) is 0 Å². The van der Waals surface area contributed by atoms with Crippen molar-refractivity contribution in [2.45, 2.75) is 42.7 Å². The number of aliphatic hydroxyl groups excluding tert-OH is 7. The maximum atomic E-state index is 12.1. The van der Waals surface area contributed by atoms with Crippen molar-refractivity contribution < 1.29 is 79.4 Å². The molecule has 30 heavy (non-hydrogen) atoms. The second-order valence-electron chi connectivity index (χ2n) is 5.63. The summed E-state index contributed by atoms with van der Waals surface area (Å²) in [7, 11) is 0. The predicted octanol–water partition coefficient (Wildman–Crippen LogP) is -6.66. The average Bonchev–Trinajstić information content (AvgIpc) is 2.71. The number of esters is 2. The van der Waals surface area contributed by atoms with Crippen LogP contribution in [0.25, 0.3) is 0 Å². The van der Waals surface area contributed by atoms with Crippen molar-refractivity contribution in [1.29, 1.82) is 0 Å². The molecule has 0 aromatic carbocycles. The van der Waals surface area contributed by atoms with Crippen molar-refractivity contribution in [2.75, 3.05) is 13.2 Å². The molecule has 9 N–H and O–H groups in total. The number of hydrogen-bond acceptors (Lipinski definition) is 14. The normalized spacial score (nSPS) is 18.1. The number of rotatable bonds is 13. The summed E-state index contributed by atoms with van der Waals surface area (Å²) < 4.78 is 8.52. The van der Waals surface area contributed by atoms with Gasteiger partial charge in [0.05, 0.1) is 6.61 Å². The summed E-state index contributed by atoms with van der Waals surface area (Å²) in [4.78, 5) is 56.2. The molecule has 0 aliphatic heterocycles. The van der Waals surface area contributed by atoms with Gasteiger partial charge in [0, 0.05) is 0 Å². The van der Waals surface area contributed by atoms with E-state index >= 15 is 0 Å². The van der Waals surface area contributed by atoms with Crippen LogP contribution in [0.5, 0.6) is 0 Å². The van der Waals surface area contributed by atoms with E-state index in [1.807, 2.05) is 0 Å². The van der Waals surface area contributed by atoms with Crippen LogP contribution in [0.3, 0.4) is 0 Å². The molecule has 16 heteroatoms. The lowest BCUT2D eigenvalue weighted by molar-refractivity contribution is -0.186. The Morgan fingerprint density at radius 1 is 0.700 bits per heavy atom. The SMILES string of the molecule is O=C(O)C(O)C(O)C(=O)O[C@H](C(=O)COC(=O)[C@@H](O)[C@H](O)C(=O)O)[C@@H](O)[C@H](O)CO. The van der Waals surface area contributed by atoms with Crippen molar-refractivity contribution in [2.24, 2.45) is 0 Å². The molecule has 7 atom stereocenters. The number of hydrogen-bond donors (Lipinski definition) is 9. The largest absolute Gasteiger partial charge is 0.479 e. The zero-order valence-corrected chi connectivity index (χ0v) is 14.8. The molecule has 0 aromatic rings. The summed E-state index contributed by atoms with van der Waals surface area (Å²) in [5.74, 6) is -9.39. The van der Waals surface area contributed by atoms with Crippen LogP contribution in [0.1, 0.15) is 0 Å². The second-order valence-corrected chi connectivity index (χ2v) is 5.63. The highest BCUT2D eigenvalue weighted by Crippen LogP contribution is 2.11. The van der Waals surface area contributed by atoms with Gasteiger partial charge in [-0.3, -0.25) is 4.79 Å². The summed E-state index contributed by atoms with van der Waals surface area (Å²) in [6, 6.07) is 0. The Hall–Kier alpha value is -2.73. The molecule has 0 bridgehead atoms. The van der Waals surface area contributed by atoms with Gasteiger partial charge in [0.2, 0.25) is 5.78 Å². The van der Waals surface area contributed by atoms with Crippen molar-refractivity contribution >= 4 is 29.7 Å². The van der Waals surface area contributed by atoms with E-state index in [4.69, 9.17) is 25.5 Å². The number of aliphatic carboxylic acids is 2. The van der Waals surface area contributed by atoms with E-state index in [-0.39, 0.29) is 0 Å². The monoisotopic (exact) mass is 444 g/mol. The van der Waals surface area contributed by atoms with E-state index in [1.54, 1.807) is 0 Å². The molecule has 2 unspecified atom stereocenters. The molecule has 0 saturated heterocycles. The fraction of sp³-hybridized carbons (Fsp3) is 0.643. The lowest BCUT2D eigenvalue weighted by Crippen LogP contribution is -2.51. The molecule has 0 aliphatic carbocycles. The molecule has 0 fully saturated rings. The molecule has 0 radical (unpaired) electrons. The number of carboxylic acids is 2. The number of aliphatic hydroxyl groups is 7. The van der Waals surface area contributed by atoms with Gasteiger partial charge < -0.3 is 55.4 Å². The Kier molecular flexibility index (Phi) is 11.0. The first kappa shape index (κ1) is 27.3. The fourth-order valence-corrected chi connectivity index (χ4v) is 1.67. The lowest BCUT2D eigenvalue weighted by Gasteiger charge is -2.26. The van der Waals surface area contributed by atoms with E-state index in [2.05, 4.69) is 9.47 Å². The summed E-state index contributed by atoms with van der Waals surface area (Å²) in [6.45, 7) is -2.61. The molecular weight excluding hydrogens is 424 g/mol. The highest BCUT2D eigenvalue weighted by atomic mass is 16.6.